The maximum Gasteiger partial charge on any atom is 0.238 e. The molecule has 1 saturated heterocycles. The van der Waals surface area contributed by atoms with E-state index in [9.17, 15) is 14.4 Å². The van der Waals surface area contributed by atoms with Crippen LogP contribution in [0.4, 0.5) is 5.69 Å². The number of imide groups is 1. The number of halogens is 1. The van der Waals surface area contributed by atoms with Gasteiger partial charge in [0.1, 0.15) is 11.5 Å². The molecular weight excluding hydrogens is 442 g/mol. The molecule has 7 heteroatoms. The average molecular weight is 464 g/mol. The highest BCUT2D eigenvalue weighted by Gasteiger charge is 2.67. The summed E-state index contributed by atoms with van der Waals surface area (Å²) in [6.45, 7) is -0.186. The molecule has 4 aliphatic carbocycles. The van der Waals surface area contributed by atoms with Crippen molar-refractivity contribution in [3.05, 3.63) is 65.2 Å². The minimum Gasteiger partial charge on any atom is -0.497 e. The van der Waals surface area contributed by atoms with E-state index in [4.69, 9.17) is 21.1 Å². The van der Waals surface area contributed by atoms with E-state index in [1.165, 1.54) is 4.90 Å². The summed E-state index contributed by atoms with van der Waals surface area (Å²) in [7, 11) is 1.56. The van der Waals surface area contributed by atoms with Crippen LogP contribution in [0, 0.1) is 35.5 Å². The van der Waals surface area contributed by atoms with Gasteiger partial charge in [0.25, 0.3) is 0 Å². The van der Waals surface area contributed by atoms with E-state index in [0.29, 0.717) is 34.6 Å². The summed E-state index contributed by atoms with van der Waals surface area (Å²) >= 11 is 6.41. The molecule has 2 amide bonds. The van der Waals surface area contributed by atoms with Crippen molar-refractivity contribution in [2.45, 2.75) is 6.42 Å². The second-order valence-corrected chi connectivity index (χ2v) is 9.63. The number of methoxy groups -OCH3 is 1. The third kappa shape index (κ3) is 3.11. The van der Waals surface area contributed by atoms with Crippen LogP contribution >= 0.6 is 11.6 Å². The highest BCUT2D eigenvalue weighted by Crippen LogP contribution is 2.65. The van der Waals surface area contributed by atoms with E-state index in [1.807, 2.05) is 0 Å². The standard InChI is InChI=1S/C26H22ClNO5/c1-32-15-5-2-13(3-6-15)21(29)12-33-22-9-4-14(10-20(22)27)28-25(30)23-16-7-8-17(19-11-18(16)19)24(23)26(28)31/h2-10,16-19,23-24H,11-12H2,1H3/t16-,17?,18?,19-,23?,24?/m1/s1. The van der Waals surface area contributed by atoms with Gasteiger partial charge < -0.3 is 9.47 Å². The predicted molar refractivity (Wildman–Crippen MR) is 121 cm³/mol. The van der Waals surface area contributed by atoms with Crippen molar-refractivity contribution >= 4 is 34.9 Å². The van der Waals surface area contributed by atoms with Gasteiger partial charge in [0.05, 0.1) is 29.7 Å². The first kappa shape index (κ1) is 20.5. The molecule has 6 nitrogen and oxygen atoms in total. The van der Waals surface area contributed by atoms with Crippen LogP contribution < -0.4 is 14.4 Å². The van der Waals surface area contributed by atoms with E-state index in [1.54, 1.807) is 49.6 Å². The largest absolute Gasteiger partial charge is 0.497 e. The lowest BCUT2D eigenvalue weighted by Gasteiger charge is -2.37. The van der Waals surface area contributed by atoms with E-state index in [2.05, 4.69) is 12.2 Å². The smallest absolute Gasteiger partial charge is 0.238 e. The van der Waals surface area contributed by atoms with Crippen molar-refractivity contribution in [3.8, 4) is 11.5 Å². The lowest BCUT2D eigenvalue weighted by atomic mass is 9.63. The van der Waals surface area contributed by atoms with E-state index in [-0.39, 0.29) is 52.9 Å². The monoisotopic (exact) mass is 463 g/mol. The molecule has 5 aliphatic rings. The zero-order valence-corrected chi connectivity index (χ0v) is 18.7. The second-order valence-electron chi connectivity index (χ2n) is 9.22. The zero-order chi connectivity index (χ0) is 22.9. The lowest BCUT2D eigenvalue weighted by molar-refractivity contribution is -0.124. The summed E-state index contributed by atoms with van der Waals surface area (Å²) in [4.78, 5) is 40.2. The van der Waals surface area contributed by atoms with Crippen LogP contribution in [0.3, 0.4) is 0 Å². The van der Waals surface area contributed by atoms with Gasteiger partial charge in [-0.3, -0.25) is 14.4 Å². The van der Waals surface area contributed by atoms with Crippen molar-refractivity contribution in [2.24, 2.45) is 35.5 Å². The number of benzene rings is 2. The van der Waals surface area contributed by atoms with Gasteiger partial charge in [-0.1, -0.05) is 23.8 Å². The maximum atomic E-state index is 13.3. The normalized spacial score (nSPS) is 30.8. The summed E-state index contributed by atoms with van der Waals surface area (Å²) in [6, 6.07) is 11.6. The van der Waals surface area contributed by atoms with E-state index in [0.717, 1.165) is 6.42 Å². The summed E-state index contributed by atoms with van der Waals surface area (Å²) in [5.41, 5.74) is 0.951. The van der Waals surface area contributed by atoms with Gasteiger partial charge in [-0.05, 0) is 72.6 Å². The number of allylic oxidation sites excluding steroid dienone is 2. The number of carbonyl (C=O) groups is 3. The van der Waals surface area contributed by atoms with Crippen LogP contribution in [0.2, 0.25) is 5.02 Å². The Morgan fingerprint density at radius 2 is 1.64 bits per heavy atom. The Balaban J connectivity index is 1.17. The number of rotatable bonds is 6. The number of hydrogen-bond donors (Lipinski definition) is 0. The van der Waals surface area contributed by atoms with Crippen LogP contribution in [-0.2, 0) is 9.59 Å². The fourth-order valence-corrected chi connectivity index (χ4v) is 6.19. The molecule has 2 aromatic rings. The lowest BCUT2D eigenvalue weighted by Crippen LogP contribution is -2.40. The number of anilines is 1. The molecule has 2 bridgehead atoms. The van der Waals surface area contributed by atoms with Crippen LogP contribution in [0.5, 0.6) is 11.5 Å². The Morgan fingerprint density at radius 1 is 1.00 bits per heavy atom. The molecule has 2 saturated carbocycles. The quantitative estimate of drug-likeness (QED) is 0.365. The van der Waals surface area contributed by atoms with Gasteiger partial charge in [0.15, 0.2) is 12.4 Å². The van der Waals surface area contributed by atoms with E-state index < -0.39 is 0 Å². The van der Waals surface area contributed by atoms with Gasteiger partial charge in [-0.2, -0.15) is 0 Å². The molecule has 0 spiro atoms. The number of nitrogens with zero attached hydrogens (tertiary/aromatic N) is 1. The third-order valence-electron chi connectivity index (χ3n) is 7.61. The van der Waals surface area contributed by atoms with Gasteiger partial charge in [0.2, 0.25) is 11.8 Å². The Morgan fingerprint density at radius 3 is 2.21 bits per heavy atom. The molecule has 7 rings (SSSR count). The molecule has 0 radical (unpaired) electrons. The Hall–Kier alpha value is -3.12. The molecule has 0 aromatic heterocycles. The molecule has 0 N–H and O–H groups in total. The van der Waals surface area contributed by atoms with Crippen LogP contribution in [0.1, 0.15) is 16.8 Å². The van der Waals surface area contributed by atoms with Crippen molar-refractivity contribution in [2.75, 3.05) is 18.6 Å². The first-order valence-corrected chi connectivity index (χ1v) is 11.5. The molecule has 2 aromatic carbocycles. The number of carbonyl (C=O) groups excluding carboxylic acids is 3. The number of Topliss-reactive ketones (excluding diaryl/α,β-unsaturated/α-hetero) is 1. The van der Waals surface area contributed by atoms with E-state index >= 15 is 0 Å². The first-order chi connectivity index (χ1) is 16.0. The summed E-state index contributed by atoms with van der Waals surface area (Å²) in [5.74, 6) is 1.47. The Kier molecular flexibility index (Phi) is 4.63. The molecule has 3 fully saturated rings. The summed E-state index contributed by atoms with van der Waals surface area (Å²) in [5, 5.41) is 0.245. The third-order valence-corrected chi connectivity index (χ3v) is 7.90. The number of ether oxygens (including phenoxy) is 2. The van der Waals surface area contributed by atoms with Crippen LogP contribution in [0.15, 0.2) is 54.6 Å². The van der Waals surface area contributed by atoms with Crippen molar-refractivity contribution < 1.29 is 23.9 Å². The molecule has 6 atom stereocenters. The number of hydrogen-bond acceptors (Lipinski definition) is 5. The highest BCUT2D eigenvalue weighted by molar-refractivity contribution is 6.33. The van der Waals surface area contributed by atoms with Crippen LogP contribution in [-0.4, -0.2) is 31.3 Å². The molecule has 1 aliphatic heterocycles. The highest BCUT2D eigenvalue weighted by atomic mass is 35.5. The zero-order valence-electron chi connectivity index (χ0n) is 17.9. The fourth-order valence-electron chi connectivity index (χ4n) is 5.96. The molecule has 168 valence electrons. The van der Waals surface area contributed by atoms with Gasteiger partial charge in [-0.15, -0.1) is 0 Å². The molecule has 4 unspecified atom stereocenters. The predicted octanol–water partition coefficient (Wildman–Crippen LogP) is 4.17. The van der Waals surface area contributed by atoms with Crippen molar-refractivity contribution in [3.63, 3.8) is 0 Å². The number of amides is 2. The van der Waals surface area contributed by atoms with Gasteiger partial charge in [0, 0.05) is 5.56 Å². The molecule has 1 heterocycles. The summed E-state index contributed by atoms with van der Waals surface area (Å²) in [6.07, 6.45) is 5.43. The number of ketones is 1. The Bertz CT molecular complexity index is 1170. The van der Waals surface area contributed by atoms with Gasteiger partial charge in [-0.25, -0.2) is 4.90 Å². The minimum atomic E-state index is -0.256. The minimum absolute atomic E-state index is 0.130. The fraction of sp³-hybridized carbons (Fsp3) is 0.346. The SMILES string of the molecule is COc1ccc(C(=O)COc2ccc(N3C(=O)C4C(C3=O)[C@@H]3C=CC4[C@H]4CC34)cc2Cl)cc1. The second kappa shape index (κ2) is 7.45. The Labute approximate surface area is 196 Å². The maximum absolute atomic E-state index is 13.3. The van der Waals surface area contributed by atoms with Crippen LogP contribution in [0.25, 0.3) is 0 Å². The van der Waals surface area contributed by atoms with Gasteiger partial charge >= 0.3 is 0 Å². The summed E-state index contributed by atoms with van der Waals surface area (Å²) < 4.78 is 10.7. The molecular formula is C26H22ClNO5. The average Bonchev–Trinajstić information content (AvgIpc) is 3.61. The topological polar surface area (TPSA) is 72.9 Å². The first-order valence-electron chi connectivity index (χ1n) is 11.1. The van der Waals surface area contributed by atoms with Crippen molar-refractivity contribution in [1.29, 1.82) is 0 Å². The van der Waals surface area contributed by atoms with Crippen molar-refractivity contribution in [1.82, 2.24) is 0 Å². The molecule has 33 heavy (non-hydrogen) atoms.